The van der Waals surface area contributed by atoms with E-state index in [9.17, 15) is 27.6 Å². The zero-order valence-corrected chi connectivity index (χ0v) is 15.4. The van der Waals surface area contributed by atoms with E-state index in [4.69, 9.17) is 16.3 Å². The van der Waals surface area contributed by atoms with Crippen LogP contribution in [0.15, 0.2) is 24.3 Å². The second-order valence-corrected chi connectivity index (χ2v) is 6.17. The lowest BCUT2D eigenvalue weighted by Gasteiger charge is -2.13. The first kappa shape index (κ1) is 22.5. The maximum absolute atomic E-state index is 12.8. The molecule has 3 amide bonds. The molecule has 0 heterocycles. The van der Waals surface area contributed by atoms with Crippen LogP contribution in [-0.2, 0) is 20.5 Å². The van der Waals surface area contributed by atoms with Gasteiger partial charge in [-0.1, -0.05) is 17.7 Å². The van der Waals surface area contributed by atoms with E-state index in [2.05, 4.69) is 5.32 Å². The molecule has 0 spiro atoms. The Hall–Kier alpha value is -2.55. The lowest BCUT2D eigenvalue weighted by atomic mass is 10.1. The predicted octanol–water partition coefficient (Wildman–Crippen LogP) is 3.54. The summed E-state index contributed by atoms with van der Waals surface area (Å²) in [5.41, 5.74) is -0.972. The number of halogens is 4. The van der Waals surface area contributed by atoms with Gasteiger partial charge in [-0.25, -0.2) is 9.59 Å². The number of esters is 1. The molecule has 0 bridgehead atoms. The Morgan fingerprint density at radius 2 is 1.81 bits per heavy atom. The van der Waals surface area contributed by atoms with Crippen LogP contribution in [-0.4, -0.2) is 30.1 Å². The molecule has 1 rings (SSSR count). The van der Waals surface area contributed by atoms with Crippen LogP contribution in [0.1, 0.15) is 31.9 Å². The van der Waals surface area contributed by atoms with Gasteiger partial charge in [0.1, 0.15) is 0 Å². The maximum Gasteiger partial charge on any atom is 0.417 e. The van der Waals surface area contributed by atoms with Crippen molar-refractivity contribution < 1.29 is 32.3 Å². The number of carbonyl (C=O) groups excluding carboxylic acids is 3. The third kappa shape index (κ3) is 7.69. The van der Waals surface area contributed by atoms with Gasteiger partial charge in [0.25, 0.3) is 5.91 Å². The molecule has 27 heavy (non-hydrogen) atoms. The minimum Gasteiger partial charge on any atom is -0.449 e. The van der Waals surface area contributed by atoms with E-state index >= 15 is 0 Å². The Balaban J connectivity index is 2.69. The maximum atomic E-state index is 12.8. The Morgan fingerprint density at radius 1 is 1.19 bits per heavy atom. The number of alkyl halides is 3. The SMILES string of the molecule is CC(C)NC(=O)NC(=O)[C@H](C)OC(=O)/C=C/c1ccc(Cl)c(C(F)(F)F)c1. The molecule has 2 N–H and O–H groups in total. The van der Waals surface area contributed by atoms with Gasteiger partial charge in [-0.2, -0.15) is 13.2 Å². The van der Waals surface area contributed by atoms with E-state index < -0.39 is 40.8 Å². The smallest absolute Gasteiger partial charge is 0.417 e. The summed E-state index contributed by atoms with van der Waals surface area (Å²) >= 11 is 5.51. The molecule has 0 aliphatic carbocycles. The van der Waals surface area contributed by atoms with Gasteiger partial charge < -0.3 is 10.1 Å². The van der Waals surface area contributed by atoms with Crippen molar-refractivity contribution in [3.63, 3.8) is 0 Å². The molecule has 0 aliphatic heterocycles. The van der Waals surface area contributed by atoms with Crippen molar-refractivity contribution in [3.05, 3.63) is 40.4 Å². The first-order valence-corrected chi connectivity index (χ1v) is 8.14. The number of ether oxygens (including phenoxy) is 1. The zero-order chi connectivity index (χ0) is 20.8. The molecule has 148 valence electrons. The summed E-state index contributed by atoms with van der Waals surface area (Å²) in [6, 6.07) is 2.18. The Kier molecular flexibility index (Phi) is 7.83. The van der Waals surface area contributed by atoms with E-state index in [-0.39, 0.29) is 11.6 Å². The van der Waals surface area contributed by atoms with Crippen molar-refractivity contribution in [3.8, 4) is 0 Å². The van der Waals surface area contributed by atoms with Gasteiger partial charge in [-0.05, 0) is 44.5 Å². The standard InChI is InChI=1S/C17H18ClF3N2O4/c1-9(2)22-16(26)23-15(25)10(3)27-14(24)7-5-11-4-6-13(18)12(8-11)17(19,20)21/h4-10H,1-3H3,(H2,22,23,25,26)/b7-5+/t10-/m0/s1. The van der Waals surface area contributed by atoms with Crippen LogP contribution in [0.5, 0.6) is 0 Å². The highest BCUT2D eigenvalue weighted by molar-refractivity contribution is 6.31. The van der Waals surface area contributed by atoms with Crippen LogP contribution in [0, 0.1) is 0 Å². The number of benzene rings is 1. The van der Waals surface area contributed by atoms with Gasteiger partial charge in [0.15, 0.2) is 6.10 Å². The third-order valence-electron chi connectivity index (χ3n) is 3.03. The van der Waals surface area contributed by atoms with Crippen molar-refractivity contribution in [1.29, 1.82) is 0 Å². The Labute approximate surface area is 158 Å². The topological polar surface area (TPSA) is 84.5 Å². The molecule has 1 aromatic rings. The van der Waals surface area contributed by atoms with Crippen molar-refractivity contribution >= 4 is 35.6 Å². The summed E-state index contributed by atoms with van der Waals surface area (Å²) in [5, 5.41) is 3.95. The van der Waals surface area contributed by atoms with Crippen molar-refractivity contribution in [2.24, 2.45) is 0 Å². The number of hydrogen-bond donors (Lipinski definition) is 2. The molecule has 0 fully saturated rings. The number of nitrogens with one attached hydrogen (secondary N) is 2. The molecule has 0 aromatic heterocycles. The third-order valence-corrected chi connectivity index (χ3v) is 3.36. The fourth-order valence-electron chi connectivity index (χ4n) is 1.81. The average molecular weight is 407 g/mol. The molecule has 1 atom stereocenters. The summed E-state index contributed by atoms with van der Waals surface area (Å²) in [7, 11) is 0. The normalized spacial score (nSPS) is 12.7. The summed E-state index contributed by atoms with van der Waals surface area (Å²) in [6.07, 6.45) is -3.97. The molecule has 10 heteroatoms. The van der Waals surface area contributed by atoms with Crippen LogP contribution in [0.25, 0.3) is 6.08 Å². The van der Waals surface area contributed by atoms with E-state index in [1.807, 2.05) is 5.32 Å². The highest BCUT2D eigenvalue weighted by Gasteiger charge is 2.33. The number of amides is 3. The monoisotopic (exact) mass is 406 g/mol. The van der Waals surface area contributed by atoms with Gasteiger partial charge in [-0.3, -0.25) is 10.1 Å². The van der Waals surface area contributed by atoms with E-state index in [1.54, 1.807) is 13.8 Å². The Bertz CT molecular complexity index is 748. The highest BCUT2D eigenvalue weighted by atomic mass is 35.5. The number of rotatable bonds is 5. The first-order valence-electron chi connectivity index (χ1n) is 7.77. The summed E-state index contributed by atoms with van der Waals surface area (Å²) in [5.74, 6) is -1.81. The molecule has 0 radical (unpaired) electrons. The fourth-order valence-corrected chi connectivity index (χ4v) is 2.03. The number of carbonyl (C=O) groups is 3. The van der Waals surface area contributed by atoms with Crippen LogP contribution >= 0.6 is 11.6 Å². The van der Waals surface area contributed by atoms with E-state index in [0.29, 0.717) is 0 Å². The lowest BCUT2D eigenvalue weighted by molar-refractivity contribution is -0.149. The van der Waals surface area contributed by atoms with Crippen molar-refractivity contribution in [1.82, 2.24) is 10.6 Å². The van der Waals surface area contributed by atoms with Gasteiger partial charge >= 0.3 is 18.2 Å². The minimum absolute atomic E-state index is 0.0668. The molecular formula is C17H18ClF3N2O4. The number of urea groups is 1. The summed E-state index contributed by atoms with van der Waals surface area (Å²) in [4.78, 5) is 34.8. The van der Waals surface area contributed by atoms with Gasteiger partial charge in [0.2, 0.25) is 0 Å². The molecule has 0 saturated carbocycles. The molecule has 6 nitrogen and oxygen atoms in total. The molecule has 0 aliphatic rings. The second kappa shape index (κ2) is 9.40. The van der Waals surface area contributed by atoms with Gasteiger partial charge in [-0.15, -0.1) is 0 Å². The quantitative estimate of drug-likeness (QED) is 0.578. The van der Waals surface area contributed by atoms with Crippen LogP contribution < -0.4 is 10.6 Å². The van der Waals surface area contributed by atoms with Crippen molar-refractivity contribution in [2.45, 2.75) is 39.1 Å². The molecular weight excluding hydrogens is 389 g/mol. The minimum atomic E-state index is -4.63. The van der Waals surface area contributed by atoms with Crippen LogP contribution in [0.2, 0.25) is 5.02 Å². The second-order valence-electron chi connectivity index (χ2n) is 5.77. The first-order chi connectivity index (χ1) is 12.4. The van der Waals surface area contributed by atoms with Crippen molar-refractivity contribution in [2.75, 3.05) is 0 Å². The van der Waals surface area contributed by atoms with Gasteiger partial charge in [0, 0.05) is 12.1 Å². The van der Waals surface area contributed by atoms with E-state index in [1.165, 1.54) is 13.0 Å². The fraction of sp³-hybridized carbons (Fsp3) is 0.353. The molecule has 0 unspecified atom stereocenters. The van der Waals surface area contributed by atoms with Crippen LogP contribution in [0.3, 0.4) is 0 Å². The number of hydrogen-bond acceptors (Lipinski definition) is 4. The molecule has 1 aromatic carbocycles. The number of imide groups is 1. The summed E-state index contributed by atoms with van der Waals surface area (Å²) in [6.45, 7) is 4.63. The zero-order valence-electron chi connectivity index (χ0n) is 14.7. The van der Waals surface area contributed by atoms with E-state index in [0.717, 1.165) is 24.3 Å². The summed E-state index contributed by atoms with van der Waals surface area (Å²) < 4.78 is 43.2. The Morgan fingerprint density at radius 3 is 2.37 bits per heavy atom. The van der Waals surface area contributed by atoms with Crippen LogP contribution in [0.4, 0.5) is 18.0 Å². The average Bonchev–Trinajstić information content (AvgIpc) is 2.51. The highest BCUT2D eigenvalue weighted by Crippen LogP contribution is 2.35. The lowest BCUT2D eigenvalue weighted by Crippen LogP contribution is -2.46. The largest absolute Gasteiger partial charge is 0.449 e. The molecule has 0 saturated heterocycles. The predicted molar refractivity (Wildman–Crippen MR) is 92.9 cm³/mol. The van der Waals surface area contributed by atoms with Gasteiger partial charge in [0.05, 0.1) is 10.6 Å².